The van der Waals surface area contributed by atoms with Gasteiger partial charge in [-0.05, 0) is 80.0 Å². The average molecular weight is 376 g/mol. The summed E-state index contributed by atoms with van der Waals surface area (Å²) in [6.45, 7) is 4.23. The topological polar surface area (TPSA) is 40.5 Å². The van der Waals surface area contributed by atoms with Crippen LogP contribution in [0.2, 0.25) is 0 Å². The van der Waals surface area contributed by atoms with Crippen LogP contribution in [-0.2, 0) is 4.79 Å². The Labute approximate surface area is 166 Å². The molecule has 4 aliphatic carbocycles. The first-order chi connectivity index (χ1) is 13.4. The van der Waals surface area contributed by atoms with Gasteiger partial charge in [-0.15, -0.1) is 0 Å². The molecule has 5 aliphatic rings. The molecule has 0 radical (unpaired) electrons. The molecule has 3 unspecified atom stereocenters. The number of carbonyl (C=O) groups is 1. The predicted octanol–water partition coefficient (Wildman–Crippen LogP) is 4.69. The second-order valence-electron chi connectivity index (χ2n) is 10.6. The lowest BCUT2D eigenvalue weighted by Gasteiger charge is -2.66. The molecule has 2 aromatic rings. The molecule has 28 heavy (non-hydrogen) atoms. The van der Waals surface area contributed by atoms with Crippen molar-refractivity contribution in [1.29, 1.82) is 0 Å². The van der Waals surface area contributed by atoms with Crippen LogP contribution in [0.5, 0.6) is 0 Å². The number of amides is 1. The van der Waals surface area contributed by atoms with Gasteiger partial charge in [0.05, 0.1) is 17.1 Å². The molecule has 3 atom stereocenters. The van der Waals surface area contributed by atoms with Crippen molar-refractivity contribution in [2.75, 3.05) is 0 Å². The first-order valence-electron chi connectivity index (χ1n) is 10.9. The fourth-order valence-electron chi connectivity index (χ4n) is 7.59. The smallest absolute Gasteiger partial charge is 0.231 e. The molecule has 1 aliphatic heterocycles. The van der Waals surface area contributed by atoms with Gasteiger partial charge in [0.1, 0.15) is 0 Å². The normalized spacial score (nSPS) is 40.8. The summed E-state index contributed by atoms with van der Waals surface area (Å²) in [6, 6.07) is 15.5. The molecule has 3 heteroatoms. The monoisotopic (exact) mass is 375 g/mol. The van der Waals surface area contributed by atoms with Crippen molar-refractivity contribution >= 4 is 16.7 Å². The minimum absolute atomic E-state index is 0.128. The number of hydrogen-bond acceptors (Lipinski definition) is 2. The minimum Gasteiger partial charge on any atom is -0.390 e. The van der Waals surface area contributed by atoms with Crippen LogP contribution in [0, 0.1) is 23.2 Å². The van der Waals surface area contributed by atoms with E-state index in [1.807, 2.05) is 0 Å². The molecule has 1 saturated heterocycles. The summed E-state index contributed by atoms with van der Waals surface area (Å²) < 4.78 is 0. The van der Waals surface area contributed by atoms with Gasteiger partial charge in [-0.2, -0.15) is 0 Å². The van der Waals surface area contributed by atoms with E-state index >= 15 is 0 Å². The van der Waals surface area contributed by atoms with Crippen LogP contribution >= 0.6 is 0 Å². The van der Waals surface area contributed by atoms with E-state index in [0.717, 1.165) is 19.3 Å². The summed E-state index contributed by atoms with van der Waals surface area (Å²) in [6.07, 6.45) is 5.14. The Morgan fingerprint density at radius 2 is 1.64 bits per heavy atom. The van der Waals surface area contributed by atoms with E-state index in [2.05, 4.69) is 61.2 Å². The molecule has 4 bridgehead atoms. The summed E-state index contributed by atoms with van der Waals surface area (Å²) >= 11 is 0. The quantitative estimate of drug-likeness (QED) is 0.774. The fraction of sp³-hybridized carbons (Fsp3) is 0.560. The van der Waals surface area contributed by atoms with Gasteiger partial charge in [0.15, 0.2) is 0 Å². The molecular weight excluding hydrogens is 346 g/mol. The van der Waals surface area contributed by atoms with Crippen LogP contribution < -0.4 is 0 Å². The predicted molar refractivity (Wildman–Crippen MR) is 110 cm³/mol. The fourth-order valence-corrected chi connectivity index (χ4v) is 7.59. The molecular formula is C25H29NO2. The first-order valence-corrected chi connectivity index (χ1v) is 10.9. The van der Waals surface area contributed by atoms with Crippen LogP contribution in [0.3, 0.4) is 0 Å². The first kappa shape index (κ1) is 17.0. The number of aliphatic hydroxyl groups is 1. The van der Waals surface area contributed by atoms with Crippen LogP contribution in [0.15, 0.2) is 42.5 Å². The SMILES string of the molecule is CC1(C)C(=O)N(C2C3CC4CC2CC(O)(C4)C3)C1c1cccc2ccccc12. The number of fused-ring (bicyclic) bond motifs is 1. The van der Waals surface area contributed by atoms with Crippen LogP contribution in [-0.4, -0.2) is 27.6 Å². The number of benzene rings is 2. The molecule has 4 saturated carbocycles. The summed E-state index contributed by atoms with van der Waals surface area (Å²) in [5, 5.41) is 13.5. The Morgan fingerprint density at radius 1 is 0.964 bits per heavy atom. The number of likely N-dealkylation sites (tertiary alicyclic amines) is 1. The Morgan fingerprint density at radius 3 is 2.36 bits per heavy atom. The number of hydrogen-bond donors (Lipinski definition) is 1. The highest BCUT2D eigenvalue weighted by Gasteiger charge is 2.64. The summed E-state index contributed by atoms with van der Waals surface area (Å²) in [5.74, 6) is 1.90. The molecule has 1 N–H and O–H groups in total. The van der Waals surface area contributed by atoms with Gasteiger partial charge in [0.2, 0.25) is 5.91 Å². The van der Waals surface area contributed by atoms with Gasteiger partial charge in [0, 0.05) is 6.04 Å². The van der Waals surface area contributed by atoms with Crippen molar-refractivity contribution in [1.82, 2.24) is 4.90 Å². The van der Waals surface area contributed by atoms with Gasteiger partial charge in [-0.25, -0.2) is 0 Å². The Bertz CT molecular complexity index is 958. The maximum atomic E-state index is 13.4. The van der Waals surface area contributed by atoms with Crippen molar-refractivity contribution < 1.29 is 9.90 Å². The zero-order valence-corrected chi connectivity index (χ0v) is 16.8. The molecule has 0 spiro atoms. The highest BCUT2D eigenvalue weighted by Crippen LogP contribution is 2.62. The summed E-state index contributed by atoms with van der Waals surface area (Å²) in [7, 11) is 0. The number of rotatable bonds is 2. The average Bonchev–Trinajstić information content (AvgIpc) is 2.65. The van der Waals surface area contributed by atoms with Crippen molar-refractivity contribution in [3.63, 3.8) is 0 Å². The van der Waals surface area contributed by atoms with Crippen LogP contribution in [0.25, 0.3) is 10.8 Å². The second-order valence-corrected chi connectivity index (χ2v) is 10.6. The zero-order valence-electron chi connectivity index (χ0n) is 16.8. The van der Waals surface area contributed by atoms with Crippen molar-refractivity contribution in [3.8, 4) is 0 Å². The lowest BCUT2D eigenvalue weighted by Crippen LogP contribution is -2.71. The van der Waals surface area contributed by atoms with Gasteiger partial charge in [-0.1, -0.05) is 42.5 Å². The minimum atomic E-state index is -0.453. The van der Waals surface area contributed by atoms with E-state index in [1.165, 1.54) is 29.2 Å². The molecule has 146 valence electrons. The van der Waals surface area contributed by atoms with Gasteiger partial charge in [0.25, 0.3) is 0 Å². The Balaban J connectivity index is 1.44. The molecule has 1 amide bonds. The lowest BCUT2D eigenvalue weighted by molar-refractivity contribution is -0.208. The number of β-lactam (4-membered cyclic amide) rings is 1. The van der Waals surface area contributed by atoms with Gasteiger partial charge >= 0.3 is 0 Å². The van der Waals surface area contributed by atoms with Gasteiger partial charge < -0.3 is 10.0 Å². The second kappa shape index (κ2) is 5.38. The lowest BCUT2D eigenvalue weighted by atomic mass is 9.50. The maximum Gasteiger partial charge on any atom is 0.231 e. The molecule has 7 rings (SSSR count). The third kappa shape index (κ3) is 2.11. The van der Waals surface area contributed by atoms with E-state index < -0.39 is 5.60 Å². The highest BCUT2D eigenvalue weighted by atomic mass is 16.3. The Hall–Kier alpha value is -1.87. The standard InChI is InChI=1S/C25H29NO2/c1-24(2)22(20-9-5-7-16-6-3-4-8-19(16)20)26(23(24)27)21-17-10-15-11-18(21)14-25(28,12-15)13-17/h3-9,15,17-18,21-22,28H,10-14H2,1-2H3. The third-order valence-corrected chi connectivity index (χ3v) is 8.38. The van der Waals surface area contributed by atoms with E-state index in [9.17, 15) is 9.90 Å². The van der Waals surface area contributed by atoms with E-state index in [-0.39, 0.29) is 11.5 Å². The molecule has 1 heterocycles. The van der Waals surface area contributed by atoms with E-state index in [0.29, 0.717) is 29.7 Å². The van der Waals surface area contributed by atoms with Gasteiger partial charge in [-0.3, -0.25) is 4.79 Å². The molecule has 5 fully saturated rings. The summed E-state index contributed by atoms with van der Waals surface area (Å²) in [4.78, 5) is 15.6. The Kier molecular flexibility index (Phi) is 3.27. The van der Waals surface area contributed by atoms with Crippen molar-refractivity contribution in [2.45, 2.75) is 63.6 Å². The zero-order chi connectivity index (χ0) is 19.3. The van der Waals surface area contributed by atoms with Crippen LogP contribution in [0.4, 0.5) is 0 Å². The molecule has 0 aromatic heterocycles. The van der Waals surface area contributed by atoms with E-state index in [1.54, 1.807) is 0 Å². The van der Waals surface area contributed by atoms with Crippen molar-refractivity contribution in [2.24, 2.45) is 23.2 Å². The largest absolute Gasteiger partial charge is 0.390 e. The molecule has 3 nitrogen and oxygen atoms in total. The third-order valence-electron chi connectivity index (χ3n) is 8.38. The highest BCUT2D eigenvalue weighted by molar-refractivity contribution is 5.94. The van der Waals surface area contributed by atoms with Crippen molar-refractivity contribution in [3.05, 3.63) is 48.0 Å². The maximum absolute atomic E-state index is 13.4. The number of nitrogens with zero attached hydrogens (tertiary/aromatic N) is 1. The van der Waals surface area contributed by atoms with Crippen LogP contribution in [0.1, 0.15) is 57.6 Å². The number of carbonyl (C=O) groups excluding carboxylic acids is 1. The summed E-state index contributed by atoms with van der Waals surface area (Å²) in [5.41, 5.74) is 0.469. The van der Waals surface area contributed by atoms with E-state index in [4.69, 9.17) is 0 Å². The molecule has 2 aromatic carbocycles.